The Bertz CT molecular complexity index is 628. The van der Waals surface area contributed by atoms with Gasteiger partial charge in [-0.05, 0) is 42.2 Å². The molecule has 0 fully saturated rings. The molecule has 1 unspecified atom stereocenters. The van der Waals surface area contributed by atoms with E-state index in [1.165, 1.54) is 0 Å². The predicted octanol–water partition coefficient (Wildman–Crippen LogP) is 2.62. The van der Waals surface area contributed by atoms with Crippen LogP contribution in [0, 0.1) is 6.92 Å². The van der Waals surface area contributed by atoms with Gasteiger partial charge in [0.15, 0.2) is 0 Å². The predicted molar refractivity (Wildman–Crippen MR) is 78.1 cm³/mol. The number of hydrogen-bond donors (Lipinski definition) is 1. The van der Waals surface area contributed by atoms with E-state index in [2.05, 4.69) is 9.97 Å². The van der Waals surface area contributed by atoms with Crippen LogP contribution in [0.5, 0.6) is 5.75 Å². The van der Waals surface area contributed by atoms with Crippen molar-refractivity contribution in [2.45, 2.75) is 25.8 Å². The molecular weight excluding hydrogens is 274 g/mol. The van der Waals surface area contributed by atoms with Gasteiger partial charge in [-0.15, -0.1) is 0 Å². The maximum atomic E-state index is 6.20. The van der Waals surface area contributed by atoms with Crippen LogP contribution in [-0.2, 0) is 12.8 Å². The molecule has 0 bridgehead atoms. The molecule has 0 aliphatic carbocycles. The van der Waals surface area contributed by atoms with Gasteiger partial charge in [-0.1, -0.05) is 11.6 Å². The van der Waals surface area contributed by atoms with E-state index in [0.717, 1.165) is 33.9 Å². The van der Waals surface area contributed by atoms with Crippen LogP contribution in [0.25, 0.3) is 0 Å². The lowest BCUT2D eigenvalue weighted by atomic mass is 10.0. The zero-order valence-corrected chi connectivity index (χ0v) is 12.0. The third-order valence-corrected chi connectivity index (χ3v) is 3.62. The summed E-state index contributed by atoms with van der Waals surface area (Å²) in [6, 6.07) is 3.61. The molecule has 104 valence electrons. The van der Waals surface area contributed by atoms with Gasteiger partial charge in [-0.2, -0.15) is 0 Å². The highest BCUT2D eigenvalue weighted by molar-refractivity contribution is 6.30. The van der Waals surface area contributed by atoms with Crippen molar-refractivity contribution in [2.24, 2.45) is 5.73 Å². The fraction of sp³-hybridized carbons (Fsp3) is 0.333. The van der Waals surface area contributed by atoms with Crippen molar-refractivity contribution in [3.63, 3.8) is 0 Å². The highest BCUT2D eigenvalue weighted by Crippen LogP contribution is 2.34. The molecule has 2 N–H and O–H groups in total. The molecule has 4 nitrogen and oxygen atoms in total. The van der Waals surface area contributed by atoms with Gasteiger partial charge in [0.2, 0.25) is 0 Å². The second-order valence-electron chi connectivity index (χ2n) is 5.08. The van der Waals surface area contributed by atoms with E-state index < -0.39 is 0 Å². The number of hydrogen-bond acceptors (Lipinski definition) is 4. The molecule has 5 heteroatoms. The number of fused-ring (bicyclic) bond motifs is 1. The Morgan fingerprint density at radius 2 is 2.10 bits per heavy atom. The molecule has 0 amide bonds. The van der Waals surface area contributed by atoms with Crippen LogP contribution in [-0.4, -0.2) is 16.6 Å². The Morgan fingerprint density at radius 3 is 2.85 bits per heavy atom. The topological polar surface area (TPSA) is 61.0 Å². The third kappa shape index (κ3) is 2.62. The van der Waals surface area contributed by atoms with E-state index in [-0.39, 0.29) is 6.04 Å². The van der Waals surface area contributed by atoms with Crippen molar-refractivity contribution in [1.29, 1.82) is 0 Å². The lowest BCUT2D eigenvalue weighted by Gasteiger charge is -2.13. The Kier molecular flexibility index (Phi) is 3.59. The minimum absolute atomic E-state index is 0.262. The summed E-state index contributed by atoms with van der Waals surface area (Å²) in [5.74, 6) is 1.57. The van der Waals surface area contributed by atoms with E-state index in [0.29, 0.717) is 18.9 Å². The van der Waals surface area contributed by atoms with E-state index in [1.54, 1.807) is 12.4 Å². The highest BCUT2D eigenvalue weighted by atomic mass is 35.5. The summed E-state index contributed by atoms with van der Waals surface area (Å²) in [7, 11) is 0. The van der Waals surface area contributed by atoms with Crippen LogP contribution < -0.4 is 10.5 Å². The van der Waals surface area contributed by atoms with E-state index in [9.17, 15) is 0 Å². The number of halogens is 1. The average Bonchev–Trinajstić information content (AvgIpc) is 2.87. The number of nitrogens with two attached hydrogens (primary N) is 1. The smallest absolute Gasteiger partial charge is 0.145 e. The zero-order valence-electron chi connectivity index (χ0n) is 11.3. The second kappa shape index (κ2) is 5.38. The van der Waals surface area contributed by atoms with Crippen LogP contribution in [0.15, 0.2) is 24.5 Å². The number of rotatable bonds is 3. The van der Waals surface area contributed by atoms with Gasteiger partial charge in [-0.25, -0.2) is 9.97 Å². The SMILES string of the molecule is Cc1cnc(C(N)Cc2cc(Cl)cc3c2OCC3)nc1. The van der Waals surface area contributed by atoms with Gasteiger partial charge < -0.3 is 10.5 Å². The first-order valence-electron chi connectivity index (χ1n) is 6.61. The van der Waals surface area contributed by atoms with Crippen LogP contribution in [0.4, 0.5) is 0 Å². The Labute approximate surface area is 123 Å². The molecule has 1 aromatic carbocycles. The maximum absolute atomic E-state index is 6.20. The zero-order chi connectivity index (χ0) is 14.1. The monoisotopic (exact) mass is 289 g/mol. The van der Waals surface area contributed by atoms with Gasteiger partial charge in [-0.3, -0.25) is 0 Å². The number of aryl methyl sites for hydroxylation is 1. The van der Waals surface area contributed by atoms with E-state index in [4.69, 9.17) is 22.1 Å². The van der Waals surface area contributed by atoms with Crippen LogP contribution in [0.1, 0.15) is 28.6 Å². The van der Waals surface area contributed by atoms with Crippen LogP contribution in [0.2, 0.25) is 5.02 Å². The molecule has 0 radical (unpaired) electrons. The molecule has 0 saturated carbocycles. The van der Waals surface area contributed by atoms with Gasteiger partial charge in [0, 0.05) is 23.8 Å². The normalized spacial score (nSPS) is 14.8. The molecule has 1 aliphatic rings. The van der Waals surface area contributed by atoms with Gasteiger partial charge in [0.05, 0.1) is 12.6 Å². The van der Waals surface area contributed by atoms with Crippen LogP contribution >= 0.6 is 11.6 Å². The standard InChI is InChI=1S/C15H16ClN3O/c1-9-7-18-15(19-8-9)13(17)6-11-5-12(16)4-10-2-3-20-14(10)11/h4-5,7-8,13H,2-3,6,17H2,1H3. The second-order valence-corrected chi connectivity index (χ2v) is 5.52. The summed E-state index contributed by atoms with van der Waals surface area (Å²) in [6.45, 7) is 2.66. The summed E-state index contributed by atoms with van der Waals surface area (Å²) < 4.78 is 5.69. The van der Waals surface area contributed by atoms with Crippen molar-refractivity contribution in [1.82, 2.24) is 9.97 Å². The summed E-state index contributed by atoms with van der Waals surface area (Å²) in [4.78, 5) is 8.56. The summed E-state index contributed by atoms with van der Waals surface area (Å²) in [5.41, 5.74) is 9.41. The fourth-order valence-electron chi connectivity index (χ4n) is 2.42. The average molecular weight is 290 g/mol. The minimum atomic E-state index is -0.262. The van der Waals surface area contributed by atoms with E-state index in [1.807, 2.05) is 19.1 Å². The van der Waals surface area contributed by atoms with Crippen molar-refractivity contribution < 1.29 is 4.74 Å². The van der Waals surface area contributed by atoms with Crippen molar-refractivity contribution in [3.05, 3.63) is 52.1 Å². The fourth-order valence-corrected chi connectivity index (χ4v) is 2.68. The quantitative estimate of drug-likeness (QED) is 0.943. The lowest BCUT2D eigenvalue weighted by Crippen LogP contribution is -2.17. The minimum Gasteiger partial charge on any atom is -0.493 e. The number of benzene rings is 1. The summed E-state index contributed by atoms with van der Waals surface area (Å²) in [6.07, 6.45) is 5.08. The first-order valence-corrected chi connectivity index (χ1v) is 6.99. The molecule has 0 saturated heterocycles. The molecule has 20 heavy (non-hydrogen) atoms. The van der Waals surface area contributed by atoms with Gasteiger partial charge in [0.1, 0.15) is 11.6 Å². The van der Waals surface area contributed by atoms with E-state index >= 15 is 0 Å². The number of nitrogens with zero attached hydrogens (tertiary/aromatic N) is 2. The third-order valence-electron chi connectivity index (χ3n) is 3.40. The molecule has 1 aromatic heterocycles. The molecule has 1 atom stereocenters. The Balaban J connectivity index is 1.86. The van der Waals surface area contributed by atoms with Gasteiger partial charge >= 0.3 is 0 Å². The van der Waals surface area contributed by atoms with Crippen molar-refractivity contribution in [3.8, 4) is 5.75 Å². The maximum Gasteiger partial charge on any atom is 0.145 e. The first-order chi connectivity index (χ1) is 9.63. The van der Waals surface area contributed by atoms with Crippen LogP contribution in [0.3, 0.4) is 0 Å². The summed E-state index contributed by atoms with van der Waals surface area (Å²) in [5, 5.41) is 0.723. The highest BCUT2D eigenvalue weighted by Gasteiger charge is 2.20. The molecule has 1 aliphatic heterocycles. The lowest BCUT2D eigenvalue weighted by molar-refractivity contribution is 0.352. The molecule has 2 heterocycles. The molecule has 0 spiro atoms. The molecular formula is C15H16ClN3O. The van der Waals surface area contributed by atoms with Crippen molar-refractivity contribution in [2.75, 3.05) is 6.61 Å². The summed E-state index contributed by atoms with van der Waals surface area (Å²) >= 11 is 6.15. The van der Waals surface area contributed by atoms with Crippen molar-refractivity contribution >= 4 is 11.6 Å². The number of ether oxygens (including phenoxy) is 1. The van der Waals surface area contributed by atoms with Gasteiger partial charge in [0.25, 0.3) is 0 Å². The first kappa shape index (κ1) is 13.3. The Hall–Kier alpha value is -1.65. The largest absolute Gasteiger partial charge is 0.493 e. The Morgan fingerprint density at radius 1 is 1.35 bits per heavy atom. The molecule has 2 aromatic rings. The molecule has 3 rings (SSSR count). The number of aromatic nitrogens is 2.